The second kappa shape index (κ2) is 8.41. The van der Waals surface area contributed by atoms with Crippen molar-refractivity contribution in [1.29, 1.82) is 0 Å². The fourth-order valence-electron chi connectivity index (χ4n) is 1.10. The van der Waals surface area contributed by atoms with Crippen LogP contribution in [-0.4, -0.2) is 31.4 Å². The van der Waals surface area contributed by atoms with Crippen molar-refractivity contribution in [2.45, 2.75) is 13.0 Å². The van der Waals surface area contributed by atoms with Gasteiger partial charge in [-0.3, -0.25) is 0 Å². The predicted octanol–water partition coefficient (Wildman–Crippen LogP) is 1.18. The van der Waals surface area contributed by atoms with E-state index in [0.717, 1.165) is 5.56 Å². The molecule has 1 rings (SSSR count). The summed E-state index contributed by atoms with van der Waals surface area (Å²) in [6.07, 6.45) is 0.540. The molecule has 0 spiro atoms. The van der Waals surface area contributed by atoms with E-state index in [1.165, 1.54) is 0 Å². The van der Waals surface area contributed by atoms with Crippen molar-refractivity contribution in [1.82, 2.24) is 5.32 Å². The molecule has 2 N–H and O–H groups in total. The zero-order valence-electron chi connectivity index (χ0n) is 10.8. The monoisotopic (exact) mass is 211 g/mol. The molecular weight excluding hydrogens is 190 g/mol. The SMILES string of the molecule is [2H]C([2H])(COCc1ccccc1)NCCCO. The van der Waals surface area contributed by atoms with Crippen molar-refractivity contribution in [2.24, 2.45) is 0 Å². The molecule has 0 bridgehead atoms. The summed E-state index contributed by atoms with van der Waals surface area (Å²) in [5, 5.41) is 11.3. The van der Waals surface area contributed by atoms with E-state index in [1.807, 2.05) is 30.3 Å². The number of nitrogens with one attached hydrogen (secondary N) is 1. The van der Waals surface area contributed by atoms with Gasteiger partial charge < -0.3 is 15.2 Å². The molecule has 15 heavy (non-hydrogen) atoms. The summed E-state index contributed by atoms with van der Waals surface area (Å²) in [6, 6.07) is 9.66. The van der Waals surface area contributed by atoms with Crippen molar-refractivity contribution < 1.29 is 12.6 Å². The molecular formula is C12H19NO2. The van der Waals surface area contributed by atoms with Crippen LogP contribution in [0.4, 0.5) is 0 Å². The van der Waals surface area contributed by atoms with E-state index in [9.17, 15) is 0 Å². The van der Waals surface area contributed by atoms with E-state index >= 15 is 0 Å². The van der Waals surface area contributed by atoms with Gasteiger partial charge in [-0.1, -0.05) is 30.3 Å². The average molecular weight is 211 g/mol. The molecule has 0 fully saturated rings. The molecule has 1 aromatic rings. The van der Waals surface area contributed by atoms with Crippen molar-refractivity contribution in [3.63, 3.8) is 0 Å². The summed E-state index contributed by atoms with van der Waals surface area (Å²) in [5.74, 6) is 0. The van der Waals surface area contributed by atoms with E-state index in [2.05, 4.69) is 5.32 Å². The quantitative estimate of drug-likeness (QED) is 0.634. The highest BCUT2D eigenvalue weighted by Crippen LogP contribution is 1.99. The molecule has 1 aromatic carbocycles. The summed E-state index contributed by atoms with van der Waals surface area (Å²) in [5.41, 5.74) is 1.03. The Morgan fingerprint density at radius 1 is 1.33 bits per heavy atom. The lowest BCUT2D eigenvalue weighted by atomic mass is 10.2. The maximum Gasteiger partial charge on any atom is 0.0717 e. The molecule has 0 unspecified atom stereocenters. The first-order valence-electron chi connectivity index (χ1n) is 6.11. The number of rotatable bonds is 8. The Morgan fingerprint density at radius 2 is 2.13 bits per heavy atom. The first-order chi connectivity index (χ1) is 8.14. The van der Waals surface area contributed by atoms with Gasteiger partial charge in [0.1, 0.15) is 0 Å². The zero-order chi connectivity index (χ0) is 12.6. The third kappa shape index (κ3) is 6.23. The van der Waals surface area contributed by atoms with E-state index in [1.54, 1.807) is 0 Å². The minimum atomic E-state index is -1.55. The molecule has 0 radical (unpaired) electrons. The summed E-state index contributed by atoms with van der Waals surface area (Å²) in [4.78, 5) is 0. The Labute approximate surface area is 93.9 Å². The lowest BCUT2D eigenvalue weighted by Gasteiger charge is -2.05. The first kappa shape index (κ1) is 9.33. The standard InChI is InChI=1S/C12H19NO2/c14-9-4-7-13-8-10-15-11-12-5-2-1-3-6-12/h1-3,5-6,13-14H,4,7-11H2/i8D2. The lowest BCUT2D eigenvalue weighted by Crippen LogP contribution is -2.21. The van der Waals surface area contributed by atoms with Crippen LogP contribution >= 0.6 is 0 Å². The minimum absolute atomic E-state index is 0.00662. The molecule has 0 aromatic heterocycles. The molecule has 84 valence electrons. The van der Waals surface area contributed by atoms with Gasteiger partial charge in [0, 0.05) is 15.8 Å². The molecule has 0 saturated heterocycles. The smallest absolute Gasteiger partial charge is 0.0717 e. The van der Waals surface area contributed by atoms with Crippen LogP contribution in [0.1, 0.15) is 14.7 Å². The maximum atomic E-state index is 8.59. The number of hydrogen-bond acceptors (Lipinski definition) is 3. The molecule has 3 nitrogen and oxygen atoms in total. The lowest BCUT2D eigenvalue weighted by molar-refractivity contribution is 0.122. The van der Waals surface area contributed by atoms with Gasteiger partial charge in [-0.25, -0.2) is 0 Å². The van der Waals surface area contributed by atoms with Gasteiger partial charge in [0.2, 0.25) is 0 Å². The number of hydrogen-bond donors (Lipinski definition) is 2. The molecule has 0 heterocycles. The topological polar surface area (TPSA) is 41.5 Å². The third-order valence-corrected chi connectivity index (χ3v) is 1.87. The molecule has 0 aliphatic rings. The van der Waals surface area contributed by atoms with Crippen molar-refractivity contribution in [2.75, 3.05) is 26.3 Å². The molecule has 0 atom stereocenters. The van der Waals surface area contributed by atoms with Gasteiger partial charge in [0.15, 0.2) is 0 Å². The Hall–Kier alpha value is -0.900. The highest BCUT2D eigenvalue weighted by molar-refractivity contribution is 5.13. The predicted molar refractivity (Wildman–Crippen MR) is 60.7 cm³/mol. The fraction of sp³-hybridized carbons (Fsp3) is 0.500. The van der Waals surface area contributed by atoms with Gasteiger partial charge in [0.25, 0.3) is 0 Å². The van der Waals surface area contributed by atoms with Gasteiger partial charge in [-0.05, 0) is 18.5 Å². The van der Waals surface area contributed by atoms with Crippen LogP contribution in [0.2, 0.25) is 0 Å². The van der Waals surface area contributed by atoms with Gasteiger partial charge in [-0.2, -0.15) is 0 Å². The van der Waals surface area contributed by atoms with Crippen LogP contribution in [0.5, 0.6) is 0 Å². The highest BCUT2D eigenvalue weighted by atomic mass is 16.5. The van der Waals surface area contributed by atoms with Crippen LogP contribution in [0.3, 0.4) is 0 Å². The van der Waals surface area contributed by atoms with Crippen molar-refractivity contribution in [3.8, 4) is 0 Å². The third-order valence-electron chi connectivity index (χ3n) is 1.87. The van der Waals surface area contributed by atoms with E-state index < -0.39 is 6.50 Å². The van der Waals surface area contributed by atoms with Gasteiger partial charge in [-0.15, -0.1) is 0 Å². The molecule has 3 heteroatoms. The Balaban J connectivity index is 2.20. The molecule has 0 aliphatic carbocycles. The average Bonchev–Trinajstić information content (AvgIpc) is 2.30. The van der Waals surface area contributed by atoms with Gasteiger partial charge in [0.05, 0.1) is 13.2 Å². The van der Waals surface area contributed by atoms with E-state index in [-0.39, 0.29) is 13.2 Å². The summed E-state index contributed by atoms with van der Waals surface area (Å²) >= 11 is 0. The summed E-state index contributed by atoms with van der Waals surface area (Å²) in [7, 11) is 0. The first-order valence-corrected chi connectivity index (χ1v) is 5.11. The van der Waals surface area contributed by atoms with Crippen LogP contribution in [0.15, 0.2) is 30.3 Å². The second-order valence-electron chi connectivity index (χ2n) is 3.16. The Bertz CT molecular complexity index is 307. The van der Waals surface area contributed by atoms with Crippen molar-refractivity contribution >= 4 is 0 Å². The van der Waals surface area contributed by atoms with Crippen LogP contribution in [0, 0.1) is 0 Å². The second-order valence-corrected chi connectivity index (χ2v) is 3.16. The maximum absolute atomic E-state index is 8.59. The molecule has 0 saturated carbocycles. The van der Waals surface area contributed by atoms with Gasteiger partial charge >= 0.3 is 0 Å². The number of aliphatic hydroxyl groups is 1. The molecule has 0 amide bonds. The zero-order valence-corrected chi connectivity index (χ0v) is 8.78. The summed E-state index contributed by atoms with van der Waals surface area (Å²) < 4.78 is 20.6. The van der Waals surface area contributed by atoms with E-state index in [4.69, 9.17) is 12.6 Å². The number of benzene rings is 1. The van der Waals surface area contributed by atoms with Crippen LogP contribution in [-0.2, 0) is 11.3 Å². The van der Waals surface area contributed by atoms with Crippen molar-refractivity contribution in [3.05, 3.63) is 35.9 Å². The number of ether oxygens (including phenoxy) is 1. The molecule has 0 aliphatic heterocycles. The largest absolute Gasteiger partial charge is 0.396 e. The fourth-order valence-corrected chi connectivity index (χ4v) is 1.10. The van der Waals surface area contributed by atoms with Crippen LogP contribution in [0.25, 0.3) is 0 Å². The Kier molecular flexibility index (Phi) is 5.23. The number of aliphatic hydroxyl groups excluding tert-OH is 1. The Morgan fingerprint density at radius 3 is 2.87 bits per heavy atom. The highest BCUT2D eigenvalue weighted by Gasteiger charge is 1.91. The summed E-state index contributed by atoms with van der Waals surface area (Å²) in [6.45, 7) is -0.647. The minimum Gasteiger partial charge on any atom is -0.396 e. The normalized spacial score (nSPS) is 13.4. The van der Waals surface area contributed by atoms with Crippen LogP contribution < -0.4 is 5.32 Å². The van der Waals surface area contributed by atoms with E-state index in [0.29, 0.717) is 19.6 Å².